The standard InChI is InChI=1S/C18H34N2O2SSi/c1-16(2,3)23(21)20-18(7,15-12-10-11-13-19-15)14-22-24(8,9)17(4,5)6/h10-13,20H,14H2,1-9H3/t18-,23-/m0/s1. The summed E-state index contributed by atoms with van der Waals surface area (Å²) in [4.78, 5) is 4.49. The molecule has 0 spiro atoms. The molecule has 0 aliphatic carbocycles. The Balaban J connectivity index is 3.10. The Bertz CT molecular complexity index is 565. The third-order valence-corrected chi connectivity index (χ3v) is 10.9. The molecule has 138 valence electrons. The highest BCUT2D eigenvalue weighted by Gasteiger charge is 2.41. The molecule has 0 fully saturated rings. The van der Waals surface area contributed by atoms with Gasteiger partial charge < -0.3 is 4.43 Å². The van der Waals surface area contributed by atoms with Crippen LogP contribution in [-0.2, 0) is 21.0 Å². The third-order valence-electron chi connectivity index (χ3n) is 4.63. The van der Waals surface area contributed by atoms with Gasteiger partial charge in [0, 0.05) is 6.20 Å². The van der Waals surface area contributed by atoms with E-state index >= 15 is 0 Å². The van der Waals surface area contributed by atoms with Crippen molar-refractivity contribution in [2.45, 2.75) is 76.9 Å². The second kappa shape index (κ2) is 7.36. The molecule has 0 radical (unpaired) electrons. The zero-order valence-corrected chi connectivity index (χ0v) is 18.5. The van der Waals surface area contributed by atoms with E-state index in [1.807, 2.05) is 45.9 Å². The molecular formula is C18H34N2O2SSi. The summed E-state index contributed by atoms with van der Waals surface area (Å²) in [6.07, 6.45) is 1.77. The number of hydrogen-bond acceptors (Lipinski definition) is 3. The molecule has 1 rings (SSSR count). The van der Waals surface area contributed by atoms with Crippen molar-refractivity contribution in [2.24, 2.45) is 0 Å². The lowest BCUT2D eigenvalue weighted by molar-refractivity contribution is 0.197. The topological polar surface area (TPSA) is 51.2 Å². The van der Waals surface area contributed by atoms with Crippen LogP contribution in [0.25, 0.3) is 0 Å². The van der Waals surface area contributed by atoms with Gasteiger partial charge in [-0.25, -0.2) is 8.93 Å². The van der Waals surface area contributed by atoms with Crippen LogP contribution in [0, 0.1) is 0 Å². The number of aromatic nitrogens is 1. The van der Waals surface area contributed by atoms with Crippen molar-refractivity contribution in [1.29, 1.82) is 0 Å². The van der Waals surface area contributed by atoms with Gasteiger partial charge in [-0.3, -0.25) is 4.98 Å². The molecule has 4 nitrogen and oxygen atoms in total. The summed E-state index contributed by atoms with van der Waals surface area (Å²) in [7, 11) is -3.12. The molecule has 1 aromatic rings. The smallest absolute Gasteiger partial charge is 0.192 e. The van der Waals surface area contributed by atoms with E-state index in [0.717, 1.165) is 5.69 Å². The molecule has 0 aromatic carbocycles. The Morgan fingerprint density at radius 3 is 2.12 bits per heavy atom. The molecule has 0 aliphatic heterocycles. The van der Waals surface area contributed by atoms with Crippen LogP contribution in [0.1, 0.15) is 54.2 Å². The summed E-state index contributed by atoms with van der Waals surface area (Å²) in [6, 6.07) is 5.80. The second-order valence-electron chi connectivity index (χ2n) is 9.08. The molecule has 24 heavy (non-hydrogen) atoms. The van der Waals surface area contributed by atoms with Gasteiger partial charge in [0.2, 0.25) is 0 Å². The number of pyridine rings is 1. The van der Waals surface area contributed by atoms with E-state index in [2.05, 4.69) is 43.6 Å². The maximum absolute atomic E-state index is 12.7. The molecule has 0 unspecified atom stereocenters. The average Bonchev–Trinajstić information content (AvgIpc) is 2.44. The summed E-state index contributed by atoms with van der Waals surface area (Å²) < 4.78 is 22.1. The minimum absolute atomic E-state index is 0.126. The summed E-state index contributed by atoms with van der Waals surface area (Å²) in [5.74, 6) is 0. The predicted octanol–water partition coefficient (Wildman–Crippen LogP) is 4.37. The Morgan fingerprint density at radius 1 is 1.12 bits per heavy atom. The summed E-state index contributed by atoms with van der Waals surface area (Å²) >= 11 is 0. The summed E-state index contributed by atoms with van der Waals surface area (Å²) in [5.41, 5.74) is 0.246. The highest BCUT2D eigenvalue weighted by molar-refractivity contribution is 7.84. The number of nitrogens with one attached hydrogen (secondary N) is 1. The van der Waals surface area contributed by atoms with Crippen LogP contribution in [0.3, 0.4) is 0 Å². The summed E-state index contributed by atoms with van der Waals surface area (Å²) in [5, 5.41) is 0.126. The molecule has 1 heterocycles. The molecular weight excluding hydrogens is 336 g/mol. The van der Waals surface area contributed by atoms with Crippen LogP contribution in [0.4, 0.5) is 0 Å². The monoisotopic (exact) mass is 370 g/mol. The van der Waals surface area contributed by atoms with Gasteiger partial charge in [-0.15, -0.1) is 0 Å². The third kappa shape index (κ3) is 5.48. The second-order valence-corrected chi connectivity index (χ2v) is 15.9. The van der Waals surface area contributed by atoms with Crippen molar-refractivity contribution >= 4 is 19.3 Å². The fourth-order valence-electron chi connectivity index (χ4n) is 1.74. The quantitative estimate of drug-likeness (QED) is 0.757. The van der Waals surface area contributed by atoms with Crippen molar-refractivity contribution < 1.29 is 8.63 Å². The first-order valence-corrected chi connectivity index (χ1v) is 12.5. The van der Waals surface area contributed by atoms with E-state index < -0.39 is 24.8 Å². The maximum Gasteiger partial charge on any atom is 0.192 e. The normalized spacial score (nSPS) is 17.4. The number of hydrogen-bond donors (Lipinski definition) is 1. The lowest BCUT2D eigenvalue weighted by Crippen LogP contribution is -2.52. The van der Waals surface area contributed by atoms with E-state index in [1.165, 1.54) is 0 Å². The fraction of sp³-hybridized carbons (Fsp3) is 0.722. The molecule has 6 heteroatoms. The Morgan fingerprint density at radius 2 is 1.71 bits per heavy atom. The van der Waals surface area contributed by atoms with Crippen LogP contribution in [-0.4, -0.2) is 28.9 Å². The molecule has 1 N–H and O–H groups in total. The molecule has 0 saturated heterocycles. The van der Waals surface area contributed by atoms with Gasteiger partial charge in [0.05, 0.1) is 33.6 Å². The van der Waals surface area contributed by atoms with E-state index in [4.69, 9.17) is 4.43 Å². The zero-order valence-electron chi connectivity index (χ0n) is 16.7. The number of rotatable bonds is 6. The van der Waals surface area contributed by atoms with Crippen molar-refractivity contribution in [3.05, 3.63) is 30.1 Å². The molecule has 0 saturated carbocycles. The van der Waals surface area contributed by atoms with Gasteiger partial charge in [0.15, 0.2) is 8.32 Å². The van der Waals surface area contributed by atoms with E-state index in [1.54, 1.807) is 6.20 Å². The minimum atomic E-state index is -1.91. The van der Waals surface area contributed by atoms with Crippen LogP contribution in [0.15, 0.2) is 24.4 Å². The van der Waals surface area contributed by atoms with Crippen LogP contribution in [0.2, 0.25) is 18.1 Å². The van der Waals surface area contributed by atoms with Gasteiger partial charge in [-0.1, -0.05) is 26.8 Å². The predicted molar refractivity (Wildman–Crippen MR) is 106 cm³/mol. The van der Waals surface area contributed by atoms with Crippen molar-refractivity contribution in [3.63, 3.8) is 0 Å². The Labute approximate surface area is 151 Å². The molecule has 1 aromatic heterocycles. The molecule has 0 amide bonds. The largest absolute Gasteiger partial charge is 0.415 e. The van der Waals surface area contributed by atoms with Crippen molar-refractivity contribution in [3.8, 4) is 0 Å². The van der Waals surface area contributed by atoms with E-state index in [0.29, 0.717) is 6.61 Å². The highest BCUT2D eigenvalue weighted by atomic mass is 32.2. The SMILES string of the molecule is CC(C)(C)[S@](=O)N[C@@](C)(CO[Si](C)(C)C(C)(C)C)c1ccccn1. The lowest BCUT2D eigenvalue weighted by atomic mass is 10.0. The van der Waals surface area contributed by atoms with Crippen LogP contribution < -0.4 is 4.72 Å². The number of nitrogens with zero attached hydrogens (tertiary/aromatic N) is 1. The molecule has 0 bridgehead atoms. The molecule has 2 atom stereocenters. The van der Waals surface area contributed by atoms with Crippen molar-refractivity contribution in [2.75, 3.05) is 6.61 Å². The van der Waals surface area contributed by atoms with Gasteiger partial charge in [0.1, 0.15) is 0 Å². The fourth-order valence-corrected chi connectivity index (χ4v) is 3.71. The first kappa shape index (κ1) is 21.5. The van der Waals surface area contributed by atoms with Crippen LogP contribution >= 0.6 is 0 Å². The first-order chi connectivity index (χ1) is 10.7. The average molecular weight is 371 g/mol. The summed E-state index contributed by atoms with van der Waals surface area (Å²) in [6.45, 7) is 19.5. The Hall–Kier alpha value is -0.563. The van der Waals surface area contributed by atoms with Gasteiger partial charge >= 0.3 is 0 Å². The van der Waals surface area contributed by atoms with Gasteiger partial charge in [-0.05, 0) is 58.0 Å². The van der Waals surface area contributed by atoms with Gasteiger partial charge in [-0.2, -0.15) is 0 Å². The van der Waals surface area contributed by atoms with Crippen molar-refractivity contribution in [1.82, 2.24) is 9.71 Å². The lowest BCUT2D eigenvalue weighted by Gasteiger charge is -2.40. The van der Waals surface area contributed by atoms with E-state index in [-0.39, 0.29) is 9.79 Å². The molecule has 0 aliphatic rings. The highest BCUT2D eigenvalue weighted by Crippen LogP contribution is 2.37. The Kier molecular flexibility index (Phi) is 6.58. The minimum Gasteiger partial charge on any atom is -0.415 e. The zero-order chi connectivity index (χ0) is 18.8. The maximum atomic E-state index is 12.7. The van der Waals surface area contributed by atoms with Gasteiger partial charge in [0.25, 0.3) is 0 Å². The first-order valence-electron chi connectivity index (χ1n) is 8.44. The van der Waals surface area contributed by atoms with Crippen LogP contribution in [0.5, 0.6) is 0 Å². The van der Waals surface area contributed by atoms with E-state index in [9.17, 15) is 4.21 Å².